The summed E-state index contributed by atoms with van der Waals surface area (Å²) < 4.78 is 5.05. The van der Waals surface area contributed by atoms with Crippen LogP contribution in [0.15, 0.2) is 51.8 Å². The molecule has 0 aliphatic heterocycles. The fraction of sp³-hybridized carbons (Fsp3) is 0. The van der Waals surface area contributed by atoms with E-state index in [4.69, 9.17) is 16.0 Å². The number of halogens is 1. The molecule has 0 saturated heterocycles. The van der Waals surface area contributed by atoms with Crippen molar-refractivity contribution in [2.45, 2.75) is 0 Å². The lowest BCUT2D eigenvalue weighted by molar-refractivity contribution is 0.0659. The number of nitrogens with zero attached hydrogens (tertiary/aromatic N) is 1. The minimum atomic E-state index is -1.34. The van der Waals surface area contributed by atoms with Crippen LogP contribution in [0.2, 0.25) is 5.02 Å². The number of carboxylic acids is 1. The van der Waals surface area contributed by atoms with Crippen molar-refractivity contribution in [2.24, 2.45) is 0 Å². The first-order valence-electron chi connectivity index (χ1n) is 6.98. The number of hydrogen-bond donors (Lipinski definition) is 2. The van der Waals surface area contributed by atoms with Crippen LogP contribution in [-0.2, 0) is 0 Å². The number of carbonyl (C=O) groups is 1. The number of hydrogen-bond acceptors (Lipinski definition) is 4. The van der Waals surface area contributed by atoms with Crippen molar-refractivity contribution < 1.29 is 14.3 Å². The summed E-state index contributed by atoms with van der Waals surface area (Å²) in [7, 11) is 0. The molecule has 0 saturated carbocycles. The smallest absolute Gasteiger partial charge is 0.372 e. The normalized spacial score (nSPS) is 11.2. The molecule has 118 valence electrons. The predicted molar refractivity (Wildman–Crippen MR) is 89.5 cm³/mol. The van der Waals surface area contributed by atoms with Gasteiger partial charge in [0.05, 0.1) is 22.1 Å². The summed E-state index contributed by atoms with van der Waals surface area (Å²) in [5.41, 5.74) is 0.753. The number of H-pyrrole nitrogens is 1. The van der Waals surface area contributed by atoms with Gasteiger partial charge in [0.2, 0.25) is 5.76 Å². The average molecular weight is 341 g/mol. The first kappa shape index (κ1) is 14.5. The topological polar surface area (TPSA) is 96.2 Å². The summed E-state index contributed by atoms with van der Waals surface area (Å²) >= 11 is 6.35. The second kappa shape index (κ2) is 5.21. The van der Waals surface area contributed by atoms with Crippen LogP contribution in [0.5, 0.6) is 0 Å². The van der Waals surface area contributed by atoms with Gasteiger partial charge in [0, 0.05) is 21.9 Å². The Bertz CT molecular complexity index is 1180. The van der Waals surface area contributed by atoms with Crippen molar-refractivity contribution in [3.05, 3.63) is 63.8 Å². The Labute approximate surface area is 139 Å². The van der Waals surface area contributed by atoms with Gasteiger partial charge < -0.3 is 9.52 Å². The Morgan fingerprint density at radius 1 is 1.21 bits per heavy atom. The summed E-state index contributed by atoms with van der Waals surface area (Å²) in [6, 6.07) is 10.0. The number of aromatic carboxylic acids is 1. The zero-order chi connectivity index (χ0) is 16.8. The molecule has 2 aromatic heterocycles. The lowest BCUT2D eigenvalue weighted by atomic mass is 9.97. The van der Waals surface area contributed by atoms with Crippen LogP contribution in [0.4, 0.5) is 0 Å². The third-order valence-electron chi connectivity index (χ3n) is 3.83. The van der Waals surface area contributed by atoms with Gasteiger partial charge in [-0.25, -0.2) is 9.59 Å². The molecule has 2 N–H and O–H groups in total. The maximum atomic E-state index is 12.1. The van der Waals surface area contributed by atoms with E-state index < -0.39 is 17.4 Å². The highest BCUT2D eigenvalue weighted by atomic mass is 35.5. The molecule has 0 aliphatic carbocycles. The number of nitrogens with one attached hydrogen (secondary N) is 1. The molecule has 4 aromatic rings. The van der Waals surface area contributed by atoms with E-state index in [0.29, 0.717) is 21.4 Å². The van der Waals surface area contributed by atoms with Gasteiger partial charge in [-0.15, -0.1) is 0 Å². The van der Waals surface area contributed by atoms with Gasteiger partial charge in [0.15, 0.2) is 0 Å². The molecule has 0 aliphatic rings. The van der Waals surface area contributed by atoms with Crippen molar-refractivity contribution in [1.29, 1.82) is 0 Å². The molecule has 0 bridgehead atoms. The Balaban J connectivity index is 2.20. The van der Waals surface area contributed by atoms with E-state index in [0.717, 1.165) is 10.9 Å². The summed E-state index contributed by atoms with van der Waals surface area (Å²) in [4.78, 5) is 23.7. The highest BCUT2D eigenvalue weighted by molar-refractivity contribution is 6.35. The minimum absolute atomic E-state index is 0.269. The molecule has 6 nitrogen and oxygen atoms in total. The maximum absolute atomic E-state index is 12.1. The van der Waals surface area contributed by atoms with Crippen LogP contribution < -0.4 is 5.63 Å². The lowest BCUT2D eigenvalue weighted by Crippen LogP contribution is -2.09. The molecular weight excluding hydrogens is 332 g/mol. The van der Waals surface area contributed by atoms with Crippen LogP contribution in [-0.4, -0.2) is 21.3 Å². The Morgan fingerprint density at radius 3 is 2.71 bits per heavy atom. The van der Waals surface area contributed by atoms with Gasteiger partial charge in [0.25, 0.3) is 0 Å². The van der Waals surface area contributed by atoms with E-state index in [9.17, 15) is 14.7 Å². The van der Waals surface area contributed by atoms with Gasteiger partial charge in [-0.2, -0.15) is 5.10 Å². The Kier molecular flexibility index (Phi) is 3.14. The number of benzene rings is 2. The maximum Gasteiger partial charge on any atom is 0.372 e. The highest BCUT2D eigenvalue weighted by Crippen LogP contribution is 2.37. The molecule has 2 aromatic carbocycles. The monoisotopic (exact) mass is 340 g/mol. The number of aromatic nitrogens is 2. The zero-order valence-corrected chi connectivity index (χ0v) is 12.8. The van der Waals surface area contributed by atoms with E-state index in [-0.39, 0.29) is 5.56 Å². The fourth-order valence-electron chi connectivity index (χ4n) is 2.77. The molecule has 2 heterocycles. The lowest BCUT2D eigenvalue weighted by Gasteiger charge is -2.11. The quantitative estimate of drug-likeness (QED) is 0.580. The standard InChI is InChI=1S/C17H9ClN2O4/c18-12-6-13-8(7-19-20-13)5-11(12)14-9-3-1-2-4-10(9)17(23)24-15(14)16(21)22/h1-7H,(H,19,20)(H,21,22). The first-order valence-corrected chi connectivity index (χ1v) is 7.36. The second-order valence-electron chi connectivity index (χ2n) is 5.23. The van der Waals surface area contributed by atoms with Gasteiger partial charge in [-0.05, 0) is 18.2 Å². The van der Waals surface area contributed by atoms with Gasteiger partial charge >= 0.3 is 11.6 Å². The molecule has 0 spiro atoms. The van der Waals surface area contributed by atoms with Crippen LogP contribution >= 0.6 is 11.6 Å². The van der Waals surface area contributed by atoms with Gasteiger partial charge in [-0.3, -0.25) is 5.10 Å². The second-order valence-corrected chi connectivity index (χ2v) is 5.64. The largest absolute Gasteiger partial charge is 0.475 e. The van der Waals surface area contributed by atoms with E-state index >= 15 is 0 Å². The molecule has 0 radical (unpaired) electrons. The van der Waals surface area contributed by atoms with E-state index in [1.54, 1.807) is 42.6 Å². The molecule has 4 rings (SSSR count). The third kappa shape index (κ3) is 2.08. The molecule has 0 fully saturated rings. The molecule has 7 heteroatoms. The molecule has 0 amide bonds. The van der Waals surface area contributed by atoms with Crippen LogP contribution in [0.25, 0.3) is 32.8 Å². The van der Waals surface area contributed by atoms with E-state index in [1.807, 2.05) is 0 Å². The fourth-order valence-corrected chi connectivity index (χ4v) is 3.03. The van der Waals surface area contributed by atoms with Crippen molar-refractivity contribution in [3.63, 3.8) is 0 Å². The van der Waals surface area contributed by atoms with Crippen LogP contribution in [0.1, 0.15) is 10.6 Å². The van der Waals surface area contributed by atoms with Crippen molar-refractivity contribution in [2.75, 3.05) is 0 Å². The third-order valence-corrected chi connectivity index (χ3v) is 4.14. The van der Waals surface area contributed by atoms with Crippen molar-refractivity contribution >= 4 is 39.2 Å². The zero-order valence-electron chi connectivity index (χ0n) is 12.0. The van der Waals surface area contributed by atoms with Gasteiger partial charge in [0.1, 0.15) is 0 Å². The molecule has 0 atom stereocenters. The Hall–Kier alpha value is -3.12. The predicted octanol–water partition coefficient (Wildman–Crippen LogP) is 3.69. The van der Waals surface area contributed by atoms with Crippen molar-refractivity contribution in [1.82, 2.24) is 10.2 Å². The molecule has 24 heavy (non-hydrogen) atoms. The minimum Gasteiger partial charge on any atom is -0.475 e. The van der Waals surface area contributed by atoms with Crippen LogP contribution in [0, 0.1) is 0 Å². The molecular formula is C17H9ClN2O4. The van der Waals surface area contributed by atoms with Crippen molar-refractivity contribution in [3.8, 4) is 11.1 Å². The highest BCUT2D eigenvalue weighted by Gasteiger charge is 2.22. The average Bonchev–Trinajstić information content (AvgIpc) is 3.01. The Morgan fingerprint density at radius 2 is 1.96 bits per heavy atom. The van der Waals surface area contributed by atoms with Gasteiger partial charge in [-0.1, -0.05) is 29.8 Å². The number of carboxylic acid groups (broad SMARTS) is 1. The SMILES string of the molecule is O=C(O)c1oc(=O)c2ccccc2c1-c1cc2cn[nH]c2cc1Cl. The number of aromatic amines is 1. The summed E-state index contributed by atoms with van der Waals surface area (Å²) in [6.07, 6.45) is 1.61. The summed E-state index contributed by atoms with van der Waals surface area (Å²) in [6.45, 7) is 0. The first-order chi connectivity index (χ1) is 11.6. The van der Waals surface area contributed by atoms with E-state index in [1.165, 1.54) is 0 Å². The summed E-state index contributed by atoms with van der Waals surface area (Å²) in [5, 5.41) is 18.1. The summed E-state index contributed by atoms with van der Waals surface area (Å²) in [5.74, 6) is -1.78. The molecule has 0 unspecified atom stereocenters. The number of rotatable bonds is 2. The van der Waals surface area contributed by atoms with Crippen LogP contribution in [0.3, 0.4) is 0 Å². The van der Waals surface area contributed by atoms with E-state index in [2.05, 4.69) is 10.2 Å². The number of fused-ring (bicyclic) bond motifs is 2.